The topological polar surface area (TPSA) is 56.3 Å². The van der Waals surface area contributed by atoms with E-state index in [1.165, 1.54) is 12.1 Å². The first-order valence-electron chi connectivity index (χ1n) is 9.13. The van der Waals surface area contributed by atoms with Crippen molar-refractivity contribution in [1.29, 1.82) is 0 Å². The predicted octanol–water partition coefficient (Wildman–Crippen LogP) is 6.25. The highest BCUT2D eigenvalue weighted by atomic mass is 35.5. The number of hydrogen-bond acceptors (Lipinski definition) is 4. The molecule has 0 aliphatic heterocycles. The first-order chi connectivity index (χ1) is 14.5. The van der Waals surface area contributed by atoms with Gasteiger partial charge in [0.2, 0.25) is 5.78 Å². The fourth-order valence-corrected chi connectivity index (χ4v) is 3.62. The lowest BCUT2D eigenvalue weighted by Crippen LogP contribution is -2.15. The molecular weight excluding hydrogens is 421 g/mol. The fourth-order valence-electron chi connectivity index (χ4n) is 3.10. The molecule has 0 bridgehead atoms. The summed E-state index contributed by atoms with van der Waals surface area (Å²) in [5.41, 5.74) is 2.78. The first-order valence-corrected chi connectivity index (χ1v) is 9.89. The summed E-state index contributed by atoms with van der Waals surface area (Å²) in [6.07, 6.45) is 0. The van der Waals surface area contributed by atoms with Crippen LogP contribution in [0, 0.1) is 0 Å². The number of carbonyl (C=O) groups is 2. The standard InChI is InChI=1S/C24H15Cl2NO3/c25-16-10-11-18(20(26)12-16)23(28)14-30-24(29)19-13-22(15-6-2-1-3-7-15)27-21-9-5-4-8-17(19)21/h1-13H,14H2. The number of ether oxygens (including phenoxy) is 1. The molecule has 0 aliphatic rings. The van der Waals surface area contributed by atoms with Crippen LogP contribution in [0.25, 0.3) is 22.2 Å². The molecule has 0 saturated carbocycles. The Bertz CT molecular complexity index is 1260. The number of aromatic nitrogens is 1. The van der Waals surface area contributed by atoms with E-state index in [-0.39, 0.29) is 10.6 Å². The molecule has 6 heteroatoms. The average Bonchev–Trinajstić information content (AvgIpc) is 2.77. The first kappa shape index (κ1) is 20.1. The Morgan fingerprint density at radius 1 is 0.833 bits per heavy atom. The van der Waals surface area contributed by atoms with Gasteiger partial charge in [0.25, 0.3) is 0 Å². The summed E-state index contributed by atoms with van der Waals surface area (Å²) in [6.45, 7) is -0.433. The molecular formula is C24H15Cl2NO3. The van der Waals surface area contributed by atoms with Gasteiger partial charge in [-0.2, -0.15) is 0 Å². The second-order valence-electron chi connectivity index (χ2n) is 6.56. The van der Waals surface area contributed by atoms with Gasteiger partial charge in [0.15, 0.2) is 6.61 Å². The Hall–Kier alpha value is -3.21. The molecule has 0 aliphatic carbocycles. The molecule has 0 saturated heterocycles. The van der Waals surface area contributed by atoms with Gasteiger partial charge in [0.05, 0.1) is 21.8 Å². The normalized spacial score (nSPS) is 10.7. The molecule has 1 aromatic heterocycles. The summed E-state index contributed by atoms with van der Waals surface area (Å²) in [5, 5.41) is 1.29. The van der Waals surface area contributed by atoms with Crippen molar-refractivity contribution in [2.24, 2.45) is 0 Å². The van der Waals surface area contributed by atoms with Gasteiger partial charge in [-0.1, -0.05) is 71.7 Å². The van der Waals surface area contributed by atoms with Gasteiger partial charge in [0.1, 0.15) is 0 Å². The van der Waals surface area contributed by atoms with Gasteiger partial charge in [-0.05, 0) is 30.3 Å². The van der Waals surface area contributed by atoms with Crippen LogP contribution in [0.2, 0.25) is 10.0 Å². The molecule has 3 aromatic carbocycles. The second-order valence-corrected chi connectivity index (χ2v) is 7.41. The molecule has 0 fully saturated rings. The van der Waals surface area contributed by atoms with E-state index in [4.69, 9.17) is 27.9 Å². The molecule has 0 unspecified atom stereocenters. The summed E-state index contributed by atoms with van der Waals surface area (Å²) < 4.78 is 5.32. The fraction of sp³-hybridized carbons (Fsp3) is 0.0417. The minimum absolute atomic E-state index is 0.212. The predicted molar refractivity (Wildman–Crippen MR) is 118 cm³/mol. The molecule has 0 amide bonds. The van der Waals surface area contributed by atoms with E-state index < -0.39 is 18.4 Å². The Morgan fingerprint density at radius 2 is 1.57 bits per heavy atom. The van der Waals surface area contributed by atoms with Gasteiger partial charge in [-0.3, -0.25) is 4.79 Å². The maximum Gasteiger partial charge on any atom is 0.339 e. The lowest BCUT2D eigenvalue weighted by Gasteiger charge is -2.10. The number of nitrogens with zero attached hydrogens (tertiary/aromatic N) is 1. The van der Waals surface area contributed by atoms with Crippen molar-refractivity contribution in [3.8, 4) is 11.3 Å². The van der Waals surface area contributed by atoms with E-state index in [9.17, 15) is 9.59 Å². The largest absolute Gasteiger partial charge is 0.454 e. The lowest BCUT2D eigenvalue weighted by atomic mass is 10.0. The van der Waals surface area contributed by atoms with Gasteiger partial charge in [-0.25, -0.2) is 9.78 Å². The van der Waals surface area contributed by atoms with E-state index in [0.717, 1.165) is 5.56 Å². The number of carbonyl (C=O) groups excluding carboxylic acids is 2. The van der Waals surface area contributed by atoms with E-state index in [2.05, 4.69) is 4.98 Å². The Labute approximate surface area is 183 Å². The third-order valence-electron chi connectivity index (χ3n) is 4.57. The number of halogens is 2. The molecule has 4 rings (SSSR count). The van der Waals surface area contributed by atoms with Gasteiger partial charge in [-0.15, -0.1) is 0 Å². The number of pyridine rings is 1. The maximum atomic E-state index is 12.9. The van der Waals surface area contributed by atoms with Gasteiger partial charge >= 0.3 is 5.97 Å². The van der Waals surface area contributed by atoms with Crippen LogP contribution in [0.3, 0.4) is 0 Å². The van der Waals surface area contributed by atoms with Crippen LogP contribution in [-0.2, 0) is 4.74 Å². The van der Waals surface area contributed by atoms with Gasteiger partial charge < -0.3 is 4.74 Å². The third-order valence-corrected chi connectivity index (χ3v) is 5.12. The van der Waals surface area contributed by atoms with Crippen LogP contribution in [-0.4, -0.2) is 23.3 Å². The summed E-state index contributed by atoms with van der Waals surface area (Å²) in [7, 11) is 0. The highest BCUT2D eigenvalue weighted by Gasteiger charge is 2.18. The molecule has 0 N–H and O–H groups in total. The number of fused-ring (bicyclic) bond motifs is 1. The quantitative estimate of drug-likeness (QED) is 0.274. The van der Waals surface area contributed by atoms with Crippen molar-refractivity contribution in [2.45, 2.75) is 0 Å². The molecule has 0 radical (unpaired) electrons. The van der Waals surface area contributed by atoms with Crippen molar-refractivity contribution in [3.63, 3.8) is 0 Å². The van der Waals surface area contributed by atoms with Crippen LogP contribution in [0.5, 0.6) is 0 Å². The smallest absolute Gasteiger partial charge is 0.339 e. The number of rotatable bonds is 5. The minimum Gasteiger partial charge on any atom is -0.454 e. The minimum atomic E-state index is -0.607. The van der Waals surface area contributed by atoms with E-state index >= 15 is 0 Å². The Kier molecular flexibility index (Phi) is 5.79. The molecule has 1 heterocycles. The highest BCUT2D eigenvalue weighted by molar-refractivity contribution is 6.36. The monoisotopic (exact) mass is 435 g/mol. The maximum absolute atomic E-state index is 12.9. The number of esters is 1. The summed E-state index contributed by atoms with van der Waals surface area (Å²) in [6, 6.07) is 23.1. The molecule has 4 aromatic rings. The second kappa shape index (κ2) is 8.66. The van der Waals surface area contributed by atoms with Crippen molar-refractivity contribution >= 4 is 45.9 Å². The van der Waals surface area contributed by atoms with Crippen LogP contribution in [0.1, 0.15) is 20.7 Å². The van der Waals surface area contributed by atoms with Crippen molar-refractivity contribution in [3.05, 3.63) is 100 Å². The average molecular weight is 436 g/mol. The van der Waals surface area contributed by atoms with Gasteiger partial charge in [0, 0.05) is 21.5 Å². The van der Waals surface area contributed by atoms with Crippen LogP contribution < -0.4 is 0 Å². The summed E-state index contributed by atoms with van der Waals surface area (Å²) in [4.78, 5) is 30.0. The van der Waals surface area contributed by atoms with E-state index in [1.54, 1.807) is 18.2 Å². The van der Waals surface area contributed by atoms with Crippen molar-refractivity contribution < 1.29 is 14.3 Å². The highest BCUT2D eigenvalue weighted by Crippen LogP contribution is 2.26. The third kappa shape index (κ3) is 4.20. The Balaban J connectivity index is 1.63. The van der Waals surface area contributed by atoms with Crippen molar-refractivity contribution in [1.82, 2.24) is 4.98 Å². The molecule has 0 atom stereocenters. The van der Waals surface area contributed by atoms with Crippen LogP contribution in [0.4, 0.5) is 0 Å². The number of ketones is 1. The summed E-state index contributed by atoms with van der Waals surface area (Å²) in [5.74, 6) is -1.02. The van der Waals surface area contributed by atoms with Crippen LogP contribution >= 0.6 is 23.2 Å². The zero-order valence-electron chi connectivity index (χ0n) is 15.6. The number of benzene rings is 3. The molecule has 30 heavy (non-hydrogen) atoms. The Morgan fingerprint density at radius 3 is 2.33 bits per heavy atom. The SMILES string of the molecule is O=C(COC(=O)c1cc(-c2ccccc2)nc2ccccc12)c1ccc(Cl)cc1Cl. The zero-order valence-corrected chi connectivity index (χ0v) is 17.2. The number of para-hydroxylation sites is 1. The number of Topliss-reactive ketones (excluding diaryl/α,β-unsaturated/α-hetero) is 1. The molecule has 0 spiro atoms. The van der Waals surface area contributed by atoms with E-state index in [1.807, 2.05) is 48.5 Å². The van der Waals surface area contributed by atoms with E-state index in [0.29, 0.717) is 27.2 Å². The lowest BCUT2D eigenvalue weighted by molar-refractivity contribution is 0.0476. The zero-order chi connectivity index (χ0) is 21.1. The van der Waals surface area contributed by atoms with Crippen molar-refractivity contribution in [2.75, 3.05) is 6.61 Å². The number of hydrogen-bond donors (Lipinski definition) is 0. The molecule has 148 valence electrons. The van der Waals surface area contributed by atoms with Crippen LogP contribution in [0.15, 0.2) is 78.9 Å². The summed E-state index contributed by atoms with van der Waals surface area (Å²) >= 11 is 11.9. The molecule has 4 nitrogen and oxygen atoms in total.